The van der Waals surface area contributed by atoms with Crippen LogP contribution in [0, 0.1) is 0 Å². The van der Waals surface area contributed by atoms with E-state index in [1.807, 2.05) is 23.6 Å². The fourth-order valence-corrected chi connectivity index (χ4v) is 3.21. The summed E-state index contributed by atoms with van der Waals surface area (Å²) >= 11 is 1.68. The minimum absolute atomic E-state index is 0.0814. The molecule has 0 spiro atoms. The highest BCUT2D eigenvalue weighted by atomic mass is 32.1. The van der Waals surface area contributed by atoms with Gasteiger partial charge >= 0.3 is 5.97 Å². The molecule has 0 saturated heterocycles. The number of carbonyl (C=O) groups is 1. The van der Waals surface area contributed by atoms with Crippen molar-refractivity contribution in [2.24, 2.45) is 0 Å². The Morgan fingerprint density at radius 1 is 1.35 bits per heavy atom. The normalized spacial score (nSPS) is 14.8. The molecule has 4 rings (SSSR count). The van der Waals surface area contributed by atoms with Crippen LogP contribution in [0.25, 0.3) is 15.8 Å². The van der Waals surface area contributed by atoms with Gasteiger partial charge in [0, 0.05) is 10.6 Å². The first-order valence-corrected chi connectivity index (χ1v) is 7.28. The van der Waals surface area contributed by atoms with Gasteiger partial charge in [0.15, 0.2) is 5.69 Å². The summed E-state index contributed by atoms with van der Waals surface area (Å²) < 4.78 is 2.89. The number of hydrogen-bond acceptors (Lipinski definition) is 4. The number of aromatic nitrogens is 3. The van der Waals surface area contributed by atoms with Gasteiger partial charge in [0.2, 0.25) is 0 Å². The third-order valence-electron chi connectivity index (χ3n) is 3.55. The van der Waals surface area contributed by atoms with Crippen molar-refractivity contribution in [3.8, 4) is 5.69 Å². The topological polar surface area (TPSA) is 68.0 Å². The van der Waals surface area contributed by atoms with Gasteiger partial charge in [-0.25, -0.2) is 9.48 Å². The molecule has 5 nitrogen and oxygen atoms in total. The van der Waals surface area contributed by atoms with Crippen LogP contribution in [-0.4, -0.2) is 26.1 Å². The van der Waals surface area contributed by atoms with E-state index in [9.17, 15) is 9.90 Å². The number of fused-ring (bicyclic) bond motifs is 1. The fraction of sp³-hybridized carbons (Fsp3) is 0.214. The summed E-state index contributed by atoms with van der Waals surface area (Å²) in [6.07, 6.45) is 2.02. The SMILES string of the molecule is O=C(O)c1nnn(-c2ccc3sccc3c2)c1C1CC1. The van der Waals surface area contributed by atoms with Crippen LogP contribution < -0.4 is 0 Å². The van der Waals surface area contributed by atoms with Crippen LogP contribution in [0.3, 0.4) is 0 Å². The number of carboxylic acid groups (broad SMARTS) is 1. The maximum absolute atomic E-state index is 11.3. The Morgan fingerprint density at radius 3 is 2.95 bits per heavy atom. The fourth-order valence-electron chi connectivity index (χ4n) is 2.44. The summed E-state index contributed by atoms with van der Waals surface area (Å²) in [5, 5.41) is 20.3. The molecule has 3 aromatic rings. The number of rotatable bonds is 3. The van der Waals surface area contributed by atoms with E-state index in [1.165, 1.54) is 4.70 Å². The smallest absolute Gasteiger partial charge is 0.358 e. The van der Waals surface area contributed by atoms with E-state index in [2.05, 4.69) is 16.4 Å². The molecule has 1 saturated carbocycles. The Labute approximate surface area is 118 Å². The molecule has 100 valence electrons. The zero-order chi connectivity index (χ0) is 13.7. The van der Waals surface area contributed by atoms with E-state index in [1.54, 1.807) is 16.0 Å². The second-order valence-electron chi connectivity index (χ2n) is 4.96. The lowest BCUT2D eigenvalue weighted by Crippen LogP contribution is -2.05. The molecule has 1 aliphatic carbocycles. The number of aromatic carboxylic acids is 1. The summed E-state index contributed by atoms with van der Waals surface area (Å²) in [7, 11) is 0. The first-order valence-electron chi connectivity index (χ1n) is 6.40. The van der Waals surface area contributed by atoms with Gasteiger partial charge in [-0.2, -0.15) is 0 Å². The van der Waals surface area contributed by atoms with Crippen LogP contribution in [0.4, 0.5) is 0 Å². The predicted molar refractivity (Wildman–Crippen MR) is 75.7 cm³/mol. The average Bonchev–Trinajstić information content (AvgIpc) is 3.02. The Balaban J connectivity index is 1.90. The van der Waals surface area contributed by atoms with Crippen LogP contribution in [-0.2, 0) is 0 Å². The van der Waals surface area contributed by atoms with E-state index in [0.717, 1.165) is 29.6 Å². The molecule has 1 aliphatic rings. The number of thiophene rings is 1. The molecule has 2 aromatic heterocycles. The summed E-state index contributed by atoms with van der Waals surface area (Å²) in [6, 6.07) is 8.08. The Bertz CT molecular complexity index is 817. The third-order valence-corrected chi connectivity index (χ3v) is 4.45. The van der Waals surface area contributed by atoms with Crippen LogP contribution in [0.2, 0.25) is 0 Å². The molecule has 1 fully saturated rings. The van der Waals surface area contributed by atoms with Crippen molar-refractivity contribution >= 4 is 27.4 Å². The Morgan fingerprint density at radius 2 is 2.20 bits per heavy atom. The van der Waals surface area contributed by atoms with E-state index in [-0.39, 0.29) is 11.6 Å². The van der Waals surface area contributed by atoms with E-state index < -0.39 is 5.97 Å². The van der Waals surface area contributed by atoms with Gasteiger partial charge < -0.3 is 5.11 Å². The quantitative estimate of drug-likeness (QED) is 0.803. The maximum atomic E-state index is 11.3. The van der Waals surface area contributed by atoms with Crippen molar-refractivity contribution in [3.63, 3.8) is 0 Å². The Kier molecular flexibility index (Phi) is 2.40. The van der Waals surface area contributed by atoms with Gasteiger partial charge in [0.25, 0.3) is 0 Å². The molecule has 0 unspecified atom stereocenters. The van der Waals surface area contributed by atoms with Gasteiger partial charge in [-0.1, -0.05) is 5.21 Å². The van der Waals surface area contributed by atoms with Gasteiger partial charge in [0.1, 0.15) is 0 Å². The van der Waals surface area contributed by atoms with Crippen molar-refractivity contribution in [2.75, 3.05) is 0 Å². The predicted octanol–water partition coefficient (Wildman–Crippen LogP) is 3.06. The molecule has 2 heterocycles. The molecule has 1 N–H and O–H groups in total. The van der Waals surface area contributed by atoms with E-state index >= 15 is 0 Å². The monoisotopic (exact) mass is 285 g/mol. The van der Waals surface area contributed by atoms with Crippen molar-refractivity contribution in [3.05, 3.63) is 41.0 Å². The summed E-state index contributed by atoms with van der Waals surface area (Å²) in [6.45, 7) is 0. The number of hydrogen-bond donors (Lipinski definition) is 1. The molecular weight excluding hydrogens is 274 g/mol. The van der Waals surface area contributed by atoms with E-state index in [0.29, 0.717) is 0 Å². The largest absolute Gasteiger partial charge is 0.476 e. The lowest BCUT2D eigenvalue weighted by molar-refractivity contribution is 0.0689. The molecule has 1 aromatic carbocycles. The highest BCUT2D eigenvalue weighted by Crippen LogP contribution is 2.42. The molecule has 6 heteroatoms. The number of nitrogens with zero attached hydrogens (tertiary/aromatic N) is 3. The van der Waals surface area contributed by atoms with Crippen LogP contribution in [0.5, 0.6) is 0 Å². The average molecular weight is 285 g/mol. The molecule has 20 heavy (non-hydrogen) atoms. The van der Waals surface area contributed by atoms with Crippen molar-refractivity contribution < 1.29 is 9.90 Å². The lowest BCUT2D eigenvalue weighted by Gasteiger charge is -2.06. The maximum Gasteiger partial charge on any atom is 0.358 e. The first kappa shape index (κ1) is 11.6. The van der Waals surface area contributed by atoms with Gasteiger partial charge in [-0.3, -0.25) is 0 Å². The number of carboxylic acids is 1. The molecule has 0 atom stereocenters. The van der Waals surface area contributed by atoms with Crippen molar-refractivity contribution in [2.45, 2.75) is 18.8 Å². The van der Waals surface area contributed by atoms with Crippen molar-refractivity contribution in [1.82, 2.24) is 15.0 Å². The van der Waals surface area contributed by atoms with Gasteiger partial charge in [0.05, 0.1) is 11.4 Å². The highest BCUT2D eigenvalue weighted by molar-refractivity contribution is 7.17. The standard InChI is InChI=1S/C14H11N3O2S/c18-14(19)12-13(8-1-2-8)17(16-15-12)10-3-4-11-9(7-10)5-6-20-11/h3-8H,1-2H2,(H,18,19). The van der Waals surface area contributed by atoms with Gasteiger partial charge in [-0.05, 0) is 47.9 Å². The first-order chi connectivity index (χ1) is 9.74. The van der Waals surface area contributed by atoms with Crippen LogP contribution in [0.1, 0.15) is 34.9 Å². The Hall–Kier alpha value is -2.21. The molecule has 0 radical (unpaired) electrons. The minimum Gasteiger partial charge on any atom is -0.476 e. The zero-order valence-corrected chi connectivity index (χ0v) is 11.3. The summed E-state index contributed by atoms with van der Waals surface area (Å²) in [4.78, 5) is 11.3. The molecule has 0 amide bonds. The number of benzene rings is 1. The van der Waals surface area contributed by atoms with Crippen LogP contribution in [0.15, 0.2) is 29.6 Å². The molecule has 0 aliphatic heterocycles. The highest BCUT2D eigenvalue weighted by Gasteiger charge is 2.34. The second kappa shape index (κ2) is 4.14. The molecule has 0 bridgehead atoms. The summed E-state index contributed by atoms with van der Waals surface area (Å²) in [5.41, 5.74) is 1.68. The lowest BCUT2D eigenvalue weighted by atomic mass is 10.2. The second-order valence-corrected chi connectivity index (χ2v) is 5.90. The van der Waals surface area contributed by atoms with Gasteiger partial charge in [-0.15, -0.1) is 16.4 Å². The summed E-state index contributed by atoms with van der Waals surface area (Å²) in [5.74, 6) is -0.732. The zero-order valence-electron chi connectivity index (χ0n) is 10.5. The minimum atomic E-state index is -1.00. The van der Waals surface area contributed by atoms with Crippen LogP contribution >= 0.6 is 11.3 Å². The van der Waals surface area contributed by atoms with Crippen molar-refractivity contribution in [1.29, 1.82) is 0 Å². The third kappa shape index (κ3) is 1.72. The molecular formula is C14H11N3O2S. The van der Waals surface area contributed by atoms with E-state index in [4.69, 9.17) is 0 Å².